The molecule has 0 saturated heterocycles. The van der Waals surface area contributed by atoms with E-state index in [9.17, 15) is 17.6 Å². The first-order valence-corrected chi connectivity index (χ1v) is 8.41. The van der Waals surface area contributed by atoms with Gasteiger partial charge >= 0.3 is 6.18 Å². The van der Waals surface area contributed by atoms with Crippen LogP contribution in [-0.2, 0) is 12.6 Å². The number of rotatable bonds is 5. The molecule has 0 amide bonds. The minimum atomic E-state index is -4.78. The molecule has 0 spiro atoms. The Morgan fingerprint density at radius 3 is 2.33 bits per heavy atom. The zero-order valence-electron chi connectivity index (χ0n) is 14.8. The summed E-state index contributed by atoms with van der Waals surface area (Å²) in [6.07, 6.45) is -0.384. The van der Waals surface area contributed by atoms with Gasteiger partial charge < -0.3 is 9.30 Å². The molecule has 7 heteroatoms. The van der Waals surface area contributed by atoms with Crippen molar-refractivity contribution < 1.29 is 22.3 Å². The number of hydrogen-bond acceptors (Lipinski definition) is 2. The van der Waals surface area contributed by atoms with Crippen molar-refractivity contribution in [3.8, 4) is 17.2 Å². The summed E-state index contributed by atoms with van der Waals surface area (Å²) in [6.45, 7) is 4.21. The van der Waals surface area contributed by atoms with Crippen LogP contribution in [0.15, 0.2) is 54.9 Å². The fraction of sp³-hybridized carbons (Fsp3) is 0.250. The van der Waals surface area contributed by atoms with Crippen LogP contribution in [0.4, 0.5) is 17.6 Å². The zero-order chi connectivity index (χ0) is 19.6. The van der Waals surface area contributed by atoms with E-state index in [1.807, 2.05) is 10.8 Å². The average molecular weight is 378 g/mol. The second kappa shape index (κ2) is 7.42. The Kier molecular flexibility index (Phi) is 5.21. The molecule has 0 radical (unpaired) electrons. The molecular weight excluding hydrogens is 360 g/mol. The lowest BCUT2D eigenvalue weighted by atomic mass is 10.1. The summed E-state index contributed by atoms with van der Waals surface area (Å²) in [7, 11) is 0. The Labute approximate surface area is 154 Å². The van der Waals surface area contributed by atoms with Crippen LogP contribution in [0.2, 0.25) is 0 Å². The second-order valence-electron chi connectivity index (χ2n) is 6.55. The lowest BCUT2D eigenvalue weighted by molar-refractivity contribution is -0.140. The third-order valence-electron chi connectivity index (χ3n) is 3.90. The minimum absolute atomic E-state index is 0.0837. The van der Waals surface area contributed by atoms with Crippen LogP contribution < -0.4 is 4.74 Å². The van der Waals surface area contributed by atoms with Gasteiger partial charge in [-0.3, -0.25) is 0 Å². The van der Waals surface area contributed by atoms with E-state index in [1.165, 1.54) is 0 Å². The smallest absolute Gasteiger partial charge is 0.419 e. The second-order valence-corrected chi connectivity index (χ2v) is 6.55. The van der Waals surface area contributed by atoms with E-state index in [2.05, 4.69) is 18.8 Å². The first-order valence-electron chi connectivity index (χ1n) is 8.41. The van der Waals surface area contributed by atoms with Crippen LogP contribution in [0.5, 0.6) is 11.5 Å². The Hall–Kier alpha value is -2.83. The summed E-state index contributed by atoms with van der Waals surface area (Å²) >= 11 is 0. The topological polar surface area (TPSA) is 27.1 Å². The molecular formula is C20H18F4N2O. The summed E-state index contributed by atoms with van der Waals surface area (Å²) in [5.74, 6) is 0.314. The highest BCUT2D eigenvalue weighted by molar-refractivity contribution is 5.41. The maximum Gasteiger partial charge on any atom is 0.419 e. The fourth-order valence-corrected chi connectivity index (χ4v) is 2.68. The van der Waals surface area contributed by atoms with Crippen molar-refractivity contribution in [2.45, 2.75) is 26.4 Å². The number of benzene rings is 2. The van der Waals surface area contributed by atoms with Crippen LogP contribution in [0, 0.1) is 11.7 Å². The van der Waals surface area contributed by atoms with Gasteiger partial charge in [0.05, 0.1) is 5.56 Å². The van der Waals surface area contributed by atoms with Gasteiger partial charge in [0.1, 0.15) is 23.1 Å². The molecule has 3 nitrogen and oxygen atoms in total. The monoisotopic (exact) mass is 378 g/mol. The highest BCUT2D eigenvalue weighted by Crippen LogP contribution is 2.34. The van der Waals surface area contributed by atoms with Crippen molar-refractivity contribution in [3.63, 3.8) is 0 Å². The molecule has 0 unspecified atom stereocenters. The van der Waals surface area contributed by atoms with Gasteiger partial charge in [-0.1, -0.05) is 13.8 Å². The first-order chi connectivity index (χ1) is 12.7. The fourth-order valence-electron chi connectivity index (χ4n) is 2.68. The maximum atomic E-state index is 13.4. The van der Waals surface area contributed by atoms with E-state index < -0.39 is 17.6 Å². The van der Waals surface area contributed by atoms with E-state index in [-0.39, 0.29) is 5.75 Å². The summed E-state index contributed by atoms with van der Waals surface area (Å²) in [5.41, 5.74) is -0.487. The zero-order valence-corrected chi connectivity index (χ0v) is 14.8. The summed E-state index contributed by atoms with van der Waals surface area (Å²) in [4.78, 5) is 4.35. The molecule has 0 fully saturated rings. The molecule has 0 aliphatic heterocycles. The highest BCUT2D eigenvalue weighted by atomic mass is 19.4. The first kappa shape index (κ1) is 18.9. The number of ether oxygens (including phenoxy) is 1. The molecule has 0 bridgehead atoms. The van der Waals surface area contributed by atoms with Gasteiger partial charge in [-0.25, -0.2) is 9.37 Å². The summed E-state index contributed by atoms with van der Waals surface area (Å²) < 4.78 is 59.2. The minimum Gasteiger partial charge on any atom is -0.457 e. The van der Waals surface area contributed by atoms with Gasteiger partial charge in [0.2, 0.25) is 0 Å². The van der Waals surface area contributed by atoms with Gasteiger partial charge in [-0.05, 0) is 48.4 Å². The quantitative estimate of drug-likeness (QED) is 0.508. The maximum absolute atomic E-state index is 13.4. The Morgan fingerprint density at radius 1 is 1.04 bits per heavy atom. The summed E-state index contributed by atoms with van der Waals surface area (Å²) in [6, 6.07) is 9.42. The Morgan fingerprint density at radius 2 is 1.70 bits per heavy atom. The van der Waals surface area contributed by atoms with Gasteiger partial charge in [0.15, 0.2) is 0 Å². The highest BCUT2D eigenvalue weighted by Gasteiger charge is 2.34. The SMILES string of the molecule is CC(C)Cc1nccn1-c1ccc(Oc2ccc(F)c(C(F)(F)F)c2)cc1. The third-order valence-corrected chi connectivity index (χ3v) is 3.90. The molecule has 0 N–H and O–H groups in total. The van der Waals surface area contributed by atoms with Gasteiger partial charge in [0, 0.05) is 24.5 Å². The molecule has 3 rings (SSSR count). The van der Waals surface area contributed by atoms with Crippen molar-refractivity contribution >= 4 is 0 Å². The van der Waals surface area contributed by atoms with Crippen LogP contribution in [0.1, 0.15) is 25.2 Å². The van der Waals surface area contributed by atoms with Crippen LogP contribution in [0.25, 0.3) is 5.69 Å². The van der Waals surface area contributed by atoms with Crippen molar-refractivity contribution in [2.24, 2.45) is 5.92 Å². The number of halogens is 4. The van der Waals surface area contributed by atoms with Gasteiger partial charge in [-0.2, -0.15) is 13.2 Å². The van der Waals surface area contributed by atoms with Gasteiger partial charge in [-0.15, -0.1) is 0 Å². The normalized spacial score (nSPS) is 11.8. The molecule has 27 heavy (non-hydrogen) atoms. The third kappa shape index (κ3) is 4.48. The number of nitrogens with zero attached hydrogens (tertiary/aromatic N) is 2. The number of alkyl halides is 3. The molecule has 0 aliphatic carbocycles. The molecule has 3 aromatic rings. The van der Waals surface area contributed by atoms with Crippen molar-refractivity contribution in [3.05, 3.63) is 72.1 Å². The van der Waals surface area contributed by atoms with Crippen molar-refractivity contribution in [1.29, 1.82) is 0 Å². The van der Waals surface area contributed by atoms with Crippen molar-refractivity contribution in [1.82, 2.24) is 9.55 Å². The van der Waals surface area contributed by atoms with Gasteiger partial charge in [0.25, 0.3) is 0 Å². The molecule has 0 atom stereocenters. The predicted molar refractivity (Wildman–Crippen MR) is 93.6 cm³/mol. The molecule has 1 aromatic heterocycles. The Bertz CT molecular complexity index is 914. The van der Waals surface area contributed by atoms with E-state index in [1.54, 1.807) is 30.5 Å². The molecule has 1 heterocycles. The molecule has 142 valence electrons. The lowest BCUT2D eigenvalue weighted by Gasteiger charge is -2.12. The number of aromatic nitrogens is 2. The number of hydrogen-bond donors (Lipinski definition) is 0. The predicted octanol–water partition coefficient (Wildman–Crippen LogP) is 6.02. The van der Waals surface area contributed by atoms with E-state index in [0.29, 0.717) is 17.7 Å². The molecule has 0 aliphatic rings. The van der Waals surface area contributed by atoms with Crippen LogP contribution >= 0.6 is 0 Å². The van der Waals surface area contributed by atoms with Crippen LogP contribution in [-0.4, -0.2) is 9.55 Å². The van der Waals surface area contributed by atoms with Crippen molar-refractivity contribution in [2.75, 3.05) is 0 Å². The number of imidazole rings is 1. The Balaban J connectivity index is 1.80. The largest absolute Gasteiger partial charge is 0.457 e. The lowest BCUT2D eigenvalue weighted by Crippen LogP contribution is -2.08. The standard InChI is InChI=1S/C20H18F4N2O/c1-13(2)11-19-25-9-10-26(19)14-3-5-15(6-4-14)27-16-7-8-18(21)17(12-16)20(22,23)24/h3-10,12-13H,11H2,1-2H3. The summed E-state index contributed by atoms with van der Waals surface area (Å²) in [5, 5.41) is 0. The van der Waals surface area contributed by atoms with Crippen LogP contribution in [0.3, 0.4) is 0 Å². The van der Waals surface area contributed by atoms with E-state index >= 15 is 0 Å². The average Bonchev–Trinajstić information content (AvgIpc) is 3.03. The van der Waals surface area contributed by atoms with E-state index in [4.69, 9.17) is 4.74 Å². The molecule has 2 aromatic carbocycles. The van der Waals surface area contributed by atoms with E-state index in [0.717, 1.165) is 30.1 Å². The molecule has 0 saturated carbocycles.